The number of carboxylic acid groups (broad SMARTS) is 1. The number of nitrogens with zero attached hydrogens (tertiary/aromatic N) is 2. The predicted octanol–water partition coefficient (Wildman–Crippen LogP) is 1.27. The second-order valence-electron chi connectivity index (χ2n) is 2.56. The summed E-state index contributed by atoms with van der Waals surface area (Å²) in [6.07, 6.45) is 6.58. The van der Waals surface area contributed by atoms with Crippen molar-refractivity contribution < 1.29 is 9.90 Å². The van der Waals surface area contributed by atoms with E-state index in [2.05, 4.69) is 9.97 Å². The van der Waals surface area contributed by atoms with Gasteiger partial charge in [0.25, 0.3) is 0 Å². The average molecular weight is 178 g/mol. The molecule has 0 saturated heterocycles. The van der Waals surface area contributed by atoms with Gasteiger partial charge in [-0.15, -0.1) is 0 Å². The normalized spacial score (nSPS) is 10.5. The van der Waals surface area contributed by atoms with Gasteiger partial charge in [0.05, 0.1) is 6.42 Å². The van der Waals surface area contributed by atoms with E-state index in [1.54, 1.807) is 31.5 Å². The van der Waals surface area contributed by atoms with E-state index in [1.165, 1.54) is 0 Å². The average Bonchev–Trinajstić information content (AvgIpc) is 2.08. The Balaban J connectivity index is 2.59. The number of aryl methyl sites for hydroxylation is 1. The van der Waals surface area contributed by atoms with Gasteiger partial charge < -0.3 is 5.11 Å². The molecular formula is C9H10N2O2. The molecule has 0 unspecified atom stereocenters. The van der Waals surface area contributed by atoms with Crippen molar-refractivity contribution in [3.8, 4) is 0 Å². The van der Waals surface area contributed by atoms with Crippen molar-refractivity contribution >= 4 is 12.0 Å². The highest BCUT2D eigenvalue weighted by Gasteiger charge is 1.91. The van der Waals surface area contributed by atoms with Crippen molar-refractivity contribution in [3.63, 3.8) is 0 Å². The summed E-state index contributed by atoms with van der Waals surface area (Å²) in [4.78, 5) is 18.1. The summed E-state index contributed by atoms with van der Waals surface area (Å²) in [7, 11) is 0. The summed E-state index contributed by atoms with van der Waals surface area (Å²) < 4.78 is 0. The molecule has 0 aliphatic carbocycles. The fourth-order valence-corrected chi connectivity index (χ4v) is 0.784. The van der Waals surface area contributed by atoms with E-state index in [0.717, 1.165) is 5.56 Å². The standard InChI is InChI=1S/C9H10N2O2/c1-7-10-5-8(6-11-7)3-2-4-9(12)13/h2-3,5-6H,4H2,1H3,(H,12,13). The van der Waals surface area contributed by atoms with Crippen LogP contribution in [0.2, 0.25) is 0 Å². The summed E-state index contributed by atoms with van der Waals surface area (Å²) in [5.74, 6) is -0.139. The van der Waals surface area contributed by atoms with Crippen LogP contribution in [-0.2, 0) is 4.79 Å². The zero-order valence-electron chi connectivity index (χ0n) is 7.27. The first-order chi connectivity index (χ1) is 6.18. The first-order valence-electron chi connectivity index (χ1n) is 3.85. The van der Waals surface area contributed by atoms with Gasteiger partial charge in [0.15, 0.2) is 0 Å². The zero-order valence-corrected chi connectivity index (χ0v) is 7.27. The second-order valence-corrected chi connectivity index (χ2v) is 2.56. The fraction of sp³-hybridized carbons (Fsp3) is 0.222. The monoisotopic (exact) mass is 178 g/mol. The zero-order chi connectivity index (χ0) is 9.68. The van der Waals surface area contributed by atoms with Gasteiger partial charge in [-0.3, -0.25) is 4.79 Å². The summed E-state index contributed by atoms with van der Waals surface area (Å²) >= 11 is 0. The topological polar surface area (TPSA) is 63.1 Å². The summed E-state index contributed by atoms with van der Waals surface area (Å²) in [5, 5.41) is 8.35. The molecule has 4 nitrogen and oxygen atoms in total. The molecule has 1 N–H and O–H groups in total. The Labute approximate surface area is 76.0 Å². The first-order valence-corrected chi connectivity index (χ1v) is 3.85. The number of carbonyl (C=O) groups is 1. The Bertz CT molecular complexity index is 317. The van der Waals surface area contributed by atoms with Crippen LogP contribution in [0.5, 0.6) is 0 Å². The van der Waals surface area contributed by atoms with E-state index < -0.39 is 5.97 Å². The number of rotatable bonds is 3. The van der Waals surface area contributed by atoms with Gasteiger partial charge >= 0.3 is 5.97 Å². The summed E-state index contributed by atoms with van der Waals surface area (Å²) in [5.41, 5.74) is 0.812. The summed E-state index contributed by atoms with van der Waals surface area (Å²) in [6.45, 7) is 1.80. The molecule has 0 fully saturated rings. The minimum atomic E-state index is -0.843. The predicted molar refractivity (Wildman–Crippen MR) is 48.1 cm³/mol. The van der Waals surface area contributed by atoms with Gasteiger partial charge in [0.2, 0.25) is 0 Å². The molecule has 0 aliphatic rings. The molecule has 1 aromatic heterocycles. The van der Waals surface area contributed by atoms with E-state index in [0.29, 0.717) is 5.82 Å². The molecule has 0 radical (unpaired) electrons. The van der Waals surface area contributed by atoms with Crippen LogP contribution in [0.3, 0.4) is 0 Å². The van der Waals surface area contributed by atoms with Crippen molar-refractivity contribution in [3.05, 3.63) is 29.9 Å². The van der Waals surface area contributed by atoms with Crippen LogP contribution < -0.4 is 0 Å². The quantitative estimate of drug-likeness (QED) is 0.757. The molecular weight excluding hydrogens is 168 g/mol. The van der Waals surface area contributed by atoms with E-state index in [9.17, 15) is 4.79 Å². The molecule has 0 spiro atoms. The Morgan fingerprint density at radius 2 is 2.15 bits per heavy atom. The van der Waals surface area contributed by atoms with Gasteiger partial charge in [-0.1, -0.05) is 12.2 Å². The maximum atomic E-state index is 10.2. The van der Waals surface area contributed by atoms with Gasteiger partial charge in [-0.2, -0.15) is 0 Å². The lowest BCUT2D eigenvalue weighted by Crippen LogP contribution is -1.90. The highest BCUT2D eigenvalue weighted by Crippen LogP contribution is 1.99. The van der Waals surface area contributed by atoms with Crippen LogP contribution in [0.1, 0.15) is 17.8 Å². The molecule has 1 aromatic rings. The smallest absolute Gasteiger partial charge is 0.307 e. The lowest BCUT2D eigenvalue weighted by molar-refractivity contribution is -0.135. The number of carboxylic acids is 1. The third-order valence-corrected chi connectivity index (χ3v) is 1.40. The van der Waals surface area contributed by atoms with Crippen LogP contribution in [0, 0.1) is 6.92 Å². The third-order valence-electron chi connectivity index (χ3n) is 1.40. The van der Waals surface area contributed by atoms with Gasteiger partial charge in [0, 0.05) is 18.0 Å². The van der Waals surface area contributed by atoms with Crippen LogP contribution in [0.25, 0.3) is 6.08 Å². The van der Waals surface area contributed by atoms with Crippen LogP contribution in [0.4, 0.5) is 0 Å². The molecule has 1 rings (SSSR count). The van der Waals surface area contributed by atoms with Crippen molar-refractivity contribution in [2.45, 2.75) is 13.3 Å². The van der Waals surface area contributed by atoms with E-state index in [4.69, 9.17) is 5.11 Å². The van der Waals surface area contributed by atoms with Gasteiger partial charge in [-0.25, -0.2) is 9.97 Å². The van der Waals surface area contributed by atoms with Crippen LogP contribution in [-0.4, -0.2) is 21.0 Å². The minimum absolute atomic E-state index is 0.0217. The number of aliphatic carboxylic acids is 1. The number of aromatic nitrogens is 2. The Hall–Kier alpha value is -1.71. The molecule has 0 atom stereocenters. The molecule has 13 heavy (non-hydrogen) atoms. The van der Waals surface area contributed by atoms with Crippen molar-refractivity contribution in [2.75, 3.05) is 0 Å². The summed E-state index contributed by atoms with van der Waals surface area (Å²) in [6, 6.07) is 0. The van der Waals surface area contributed by atoms with E-state index in [-0.39, 0.29) is 6.42 Å². The van der Waals surface area contributed by atoms with Crippen LogP contribution >= 0.6 is 0 Å². The lowest BCUT2D eigenvalue weighted by Gasteiger charge is -1.92. The first kappa shape index (κ1) is 9.38. The van der Waals surface area contributed by atoms with Crippen molar-refractivity contribution in [1.82, 2.24) is 9.97 Å². The maximum Gasteiger partial charge on any atom is 0.307 e. The maximum absolute atomic E-state index is 10.2. The van der Waals surface area contributed by atoms with Crippen molar-refractivity contribution in [1.29, 1.82) is 0 Å². The number of hydrogen-bond donors (Lipinski definition) is 1. The molecule has 1 heterocycles. The van der Waals surface area contributed by atoms with Gasteiger partial charge in [0.1, 0.15) is 5.82 Å². The van der Waals surface area contributed by atoms with E-state index in [1.807, 2.05) is 0 Å². The number of hydrogen-bond acceptors (Lipinski definition) is 3. The highest BCUT2D eigenvalue weighted by atomic mass is 16.4. The second kappa shape index (κ2) is 4.35. The Morgan fingerprint density at radius 3 is 2.69 bits per heavy atom. The molecule has 4 heteroatoms. The molecule has 0 saturated carbocycles. The largest absolute Gasteiger partial charge is 0.481 e. The lowest BCUT2D eigenvalue weighted by atomic mass is 10.3. The Morgan fingerprint density at radius 1 is 1.54 bits per heavy atom. The minimum Gasteiger partial charge on any atom is -0.481 e. The third kappa shape index (κ3) is 3.46. The SMILES string of the molecule is Cc1ncc(C=CCC(=O)O)cn1. The Kier molecular flexibility index (Phi) is 3.14. The molecule has 0 amide bonds. The van der Waals surface area contributed by atoms with Gasteiger partial charge in [-0.05, 0) is 6.92 Å². The molecule has 0 aliphatic heterocycles. The fourth-order valence-electron chi connectivity index (χ4n) is 0.784. The molecule has 0 bridgehead atoms. The van der Waals surface area contributed by atoms with Crippen molar-refractivity contribution in [2.24, 2.45) is 0 Å². The van der Waals surface area contributed by atoms with E-state index >= 15 is 0 Å². The molecule has 68 valence electrons. The highest BCUT2D eigenvalue weighted by molar-refractivity contribution is 5.70. The molecule has 0 aromatic carbocycles. The van der Waals surface area contributed by atoms with Crippen LogP contribution in [0.15, 0.2) is 18.5 Å².